The van der Waals surface area contributed by atoms with Crippen molar-refractivity contribution in [3.63, 3.8) is 0 Å². The number of amides is 1. The van der Waals surface area contributed by atoms with Crippen LogP contribution in [-0.4, -0.2) is 5.91 Å². The normalized spacial score (nSPS) is 9.74. The van der Waals surface area contributed by atoms with Gasteiger partial charge in [0.1, 0.15) is 11.9 Å². The Bertz CT molecular complexity index is 679. The van der Waals surface area contributed by atoms with Crippen LogP contribution in [0.15, 0.2) is 47.4 Å². The smallest absolute Gasteiger partial charge is 0.255 e. The standard InChI is InChI=1S/C14H9FN2OS/c15-11-6-5-9(7-13(11)19)14(18)17-12-4-2-1-3-10(12)8-16/h1-7,19H,(H,17,18). The SMILES string of the molecule is N#Cc1ccccc1NC(=O)c1ccc(F)c(S)c1. The maximum Gasteiger partial charge on any atom is 0.255 e. The Labute approximate surface area is 115 Å². The van der Waals surface area contributed by atoms with Crippen LogP contribution in [0.1, 0.15) is 15.9 Å². The number of hydrogen-bond acceptors (Lipinski definition) is 3. The topological polar surface area (TPSA) is 52.9 Å². The molecule has 0 radical (unpaired) electrons. The number of benzene rings is 2. The Morgan fingerprint density at radius 1 is 1.26 bits per heavy atom. The van der Waals surface area contributed by atoms with Gasteiger partial charge in [-0.2, -0.15) is 5.26 Å². The highest BCUT2D eigenvalue weighted by atomic mass is 32.1. The molecule has 1 N–H and O–H groups in total. The molecule has 2 rings (SSSR count). The number of carbonyl (C=O) groups is 1. The average molecular weight is 272 g/mol. The second-order valence-electron chi connectivity index (χ2n) is 3.78. The Morgan fingerprint density at radius 2 is 2.00 bits per heavy atom. The summed E-state index contributed by atoms with van der Waals surface area (Å²) in [7, 11) is 0. The Balaban J connectivity index is 2.26. The van der Waals surface area contributed by atoms with Crippen LogP contribution >= 0.6 is 12.6 Å². The van der Waals surface area contributed by atoms with E-state index in [0.29, 0.717) is 11.3 Å². The van der Waals surface area contributed by atoms with Gasteiger partial charge in [-0.1, -0.05) is 12.1 Å². The van der Waals surface area contributed by atoms with E-state index in [1.54, 1.807) is 24.3 Å². The number of para-hydroxylation sites is 1. The average Bonchev–Trinajstić information content (AvgIpc) is 2.42. The second-order valence-corrected chi connectivity index (χ2v) is 4.26. The first-order valence-electron chi connectivity index (χ1n) is 5.41. The van der Waals surface area contributed by atoms with Crippen LogP contribution in [0.5, 0.6) is 0 Å². The van der Waals surface area contributed by atoms with Crippen LogP contribution in [-0.2, 0) is 0 Å². The second kappa shape index (κ2) is 5.55. The minimum Gasteiger partial charge on any atom is -0.321 e. The minimum absolute atomic E-state index is 0.0984. The van der Waals surface area contributed by atoms with E-state index in [1.807, 2.05) is 6.07 Å². The fourth-order valence-corrected chi connectivity index (χ4v) is 1.75. The lowest BCUT2D eigenvalue weighted by molar-refractivity contribution is 0.102. The van der Waals surface area contributed by atoms with E-state index >= 15 is 0 Å². The van der Waals surface area contributed by atoms with Crippen LogP contribution < -0.4 is 5.32 Å². The van der Waals surface area contributed by atoms with Crippen LogP contribution in [0.3, 0.4) is 0 Å². The molecule has 2 aromatic rings. The van der Waals surface area contributed by atoms with Crippen molar-refractivity contribution in [2.75, 3.05) is 5.32 Å². The van der Waals surface area contributed by atoms with E-state index in [1.165, 1.54) is 18.2 Å². The Hall–Kier alpha value is -2.32. The molecule has 0 fully saturated rings. The van der Waals surface area contributed by atoms with E-state index in [4.69, 9.17) is 5.26 Å². The number of halogens is 1. The molecule has 19 heavy (non-hydrogen) atoms. The van der Waals surface area contributed by atoms with Gasteiger partial charge >= 0.3 is 0 Å². The number of nitriles is 1. The van der Waals surface area contributed by atoms with Crippen molar-refractivity contribution in [2.24, 2.45) is 0 Å². The lowest BCUT2D eigenvalue weighted by atomic mass is 10.1. The van der Waals surface area contributed by atoms with Crippen molar-refractivity contribution >= 4 is 24.2 Å². The first kappa shape index (κ1) is 13.1. The maximum atomic E-state index is 13.1. The van der Waals surface area contributed by atoms with Crippen molar-refractivity contribution in [1.82, 2.24) is 0 Å². The van der Waals surface area contributed by atoms with Gasteiger partial charge in [-0.3, -0.25) is 4.79 Å². The fraction of sp³-hybridized carbons (Fsp3) is 0. The number of anilines is 1. The fourth-order valence-electron chi connectivity index (χ4n) is 1.54. The van der Waals surface area contributed by atoms with Gasteiger partial charge in [-0.15, -0.1) is 12.6 Å². The Kier molecular flexibility index (Phi) is 3.83. The molecule has 0 spiro atoms. The first-order valence-corrected chi connectivity index (χ1v) is 5.85. The summed E-state index contributed by atoms with van der Waals surface area (Å²) in [4.78, 5) is 12.1. The molecule has 0 aliphatic carbocycles. The highest BCUT2D eigenvalue weighted by Crippen LogP contribution is 2.18. The summed E-state index contributed by atoms with van der Waals surface area (Å²) in [5, 5.41) is 11.5. The van der Waals surface area contributed by atoms with E-state index in [-0.39, 0.29) is 10.5 Å². The maximum absolute atomic E-state index is 13.1. The van der Waals surface area contributed by atoms with Gasteiger partial charge in [-0.25, -0.2) is 4.39 Å². The van der Waals surface area contributed by atoms with Gasteiger partial charge in [0, 0.05) is 10.5 Å². The molecule has 0 bridgehead atoms. The molecule has 5 heteroatoms. The lowest BCUT2D eigenvalue weighted by Gasteiger charge is -2.07. The molecule has 0 saturated carbocycles. The third kappa shape index (κ3) is 2.92. The molecular weight excluding hydrogens is 263 g/mol. The summed E-state index contributed by atoms with van der Waals surface area (Å²) in [5.41, 5.74) is 1.06. The number of thiol groups is 1. The number of nitrogens with one attached hydrogen (secondary N) is 1. The minimum atomic E-state index is -0.489. The van der Waals surface area contributed by atoms with Crippen molar-refractivity contribution in [3.05, 3.63) is 59.4 Å². The zero-order valence-electron chi connectivity index (χ0n) is 9.72. The Morgan fingerprint density at radius 3 is 2.68 bits per heavy atom. The van der Waals surface area contributed by atoms with Crippen LogP contribution in [0.2, 0.25) is 0 Å². The van der Waals surface area contributed by atoms with Gasteiger partial charge < -0.3 is 5.32 Å². The highest BCUT2D eigenvalue weighted by molar-refractivity contribution is 7.80. The number of carbonyl (C=O) groups excluding carboxylic acids is 1. The predicted molar refractivity (Wildman–Crippen MR) is 72.8 cm³/mol. The summed E-state index contributed by atoms with van der Waals surface area (Å²) in [6.45, 7) is 0. The molecule has 3 nitrogen and oxygen atoms in total. The van der Waals surface area contributed by atoms with E-state index < -0.39 is 11.7 Å². The largest absolute Gasteiger partial charge is 0.321 e. The molecule has 0 aliphatic heterocycles. The molecule has 2 aromatic carbocycles. The predicted octanol–water partition coefficient (Wildman–Crippen LogP) is 3.24. The van der Waals surface area contributed by atoms with E-state index in [2.05, 4.69) is 17.9 Å². The summed E-state index contributed by atoms with van der Waals surface area (Å²) in [5.74, 6) is -0.907. The van der Waals surface area contributed by atoms with Crippen molar-refractivity contribution in [1.29, 1.82) is 5.26 Å². The van der Waals surface area contributed by atoms with Gasteiger partial charge in [0.15, 0.2) is 0 Å². The highest BCUT2D eigenvalue weighted by Gasteiger charge is 2.10. The van der Waals surface area contributed by atoms with Crippen molar-refractivity contribution in [3.8, 4) is 6.07 Å². The van der Waals surface area contributed by atoms with Crippen LogP contribution in [0, 0.1) is 17.1 Å². The lowest BCUT2D eigenvalue weighted by Crippen LogP contribution is -2.13. The van der Waals surface area contributed by atoms with Crippen molar-refractivity contribution < 1.29 is 9.18 Å². The number of nitrogens with zero attached hydrogens (tertiary/aromatic N) is 1. The molecule has 1 amide bonds. The molecule has 0 unspecified atom stereocenters. The zero-order chi connectivity index (χ0) is 13.8. The molecule has 0 aromatic heterocycles. The first-order chi connectivity index (χ1) is 9.11. The third-order valence-corrected chi connectivity index (χ3v) is 2.85. The molecule has 94 valence electrons. The zero-order valence-corrected chi connectivity index (χ0v) is 10.6. The monoisotopic (exact) mass is 272 g/mol. The summed E-state index contributed by atoms with van der Waals surface area (Å²) < 4.78 is 13.1. The summed E-state index contributed by atoms with van der Waals surface area (Å²) >= 11 is 3.92. The van der Waals surface area contributed by atoms with Crippen molar-refractivity contribution in [2.45, 2.75) is 4.90 Å². The summed E-state index contributed by atoms with van der Waals surface area (Å²) in [6.07, 6.45) is 0. The molecular formula is C14H9FN2OS. The van der Waals surface area contributed by atoms with E-state index in [0.717, 1.165) is 0 Å². The van der Waals surface area contributed by atoms with Gasteiger partial charge in [0.2, 0.25) is 0 Å². The summed E-state index contributed by atoms with van der Waals surface area (Å²) in [6, 6.07) is 12.5. The van der Waals surface area contributed by atoms with Crippen LogP contribution in [0.4, 0.5) is 10.1 Å². The quantitative estimate of drug-likeness (QED) is 0.825. The molecule has 0 atom stereocenters. The third-order valence-electron chi connectivity index (χ3n) is 2.50. The van der Waals surface area contributed by atoms with Gasteiger partial charge in [0.25, 0.3) is 5.91 Å². The molecule has 0 saturated heterocycles. The van der Waals surface area contributed by atoms with Crippen LogP contribution in [0.25, 0.3) is 0 Å². The molecule has 0 aliphatic rings. The number of rotatable bonds is 2. The van der Waals surface area contributed by atoms with Gasteiger partial charge in [0.05, 0.1) is 11.3 Å². The molecule has 0 heterocycles. The van der Waals surface area contributed by atoms with Gasteiger partial charge in [-0.05, 0) is 30.3 Å². The van der Waals surface area contributed by atoms with E-state index in [9.17, 15) is 9.18 Å². The number of hydrogen-bond donors (Lipinski definition) is 2.